The molecule has 0 amide bonds. The third-order valence-corrected chi connectivity index (χ3v) is 2.98. The molecule has 58 valence electrons. The van der Waals surface area contributed by atoms with Gasteiger partial charge in [0.1, 0.15) is 10.7 Å². The Labute approximate surface area is 79.0 Å². The molecule has 0 saturated carbocycles. The fraction of sp³-hybridized carbons (Fsp3) is 0. The Morgan fingerprint density at radius 2 is 2.09 bits per heavy atom. The minimum Gasteiger partial charge on any atom is -0.258 e. The maximum Gasteiger partial charge on any atom is 0.302 e. The van der Waals surface area contributed by atoms with Crippen LogP contribution in [0, 0.1) is 10.1 Å². The van der Waals surface area contributed by atoms with Crippen molar-refractivity contribution < 1.29 is 4.92 Å². The zero-order chi connectivity index (χ0) is 8.43. The Kier molecular flexibility index (Phi) is 2.56. The van der Waals surface area contributed by atoms with Crippen molar-refractivity contribution in [2.75, 3.05) is 0 Å². The van der Waals surface area contributed by atoms with Crippen molar-refractivity contribution in [1.82, 2.24) is 4.98 Å². The zero-order valence-electron chi connectivity index (χ0n) is 5.12. The monoisotopic (exact) mass is 280 g/mol. The van der Waals surface area contributed by atoms with Crippen molar-refractivity contribution in [3.8, 4) is 0 Å². The molecule has 0 aliphatic heterocycles. The first kappa shape index (κ1) is 8.61. The minimum atomic E-state index is -0.498. The van der Waals surface area contributed by atoms with E-state index < -0.39 is 4.92 Å². The second-order valence-corrected chi connectivity index (χ2v) is 3.36. The fourth-order valence-corrected chi connectivity index (χ4v) is 1.21. The van der Waals surface area contributed by atoms with Crippen LogP contribution in [0.3, 0.4) is 0 Å². The molecular formula is C5H2Br2N2O2. The summed E-state index contributed by atoms with van der Waals surface area (Å²) in [4.78, 5) is 13.4. The van der Waals surface area contributed by atoms with E-state index in [1.165, 1.54) is 12.4 Å². The molecule has 1 heterocycles. The summed E-state index contributed by atoms with van der Waals surface area (Å²) >= 11 is 6.15. The average molecular weight is 282 g/mol. The number of nitrogens with zero attached hydrogens (tertiary/aromatic N) is 2. The van der Waals surface area contributed by atoms with Gasteiger partial charge in [-0.25, -0.2) is 0 Å². The van der Waals surface area contributed by atoms with Crippen LogP contribution in [-0.2, 0) is 0 Å². The Hall–Kier alpha value is -0.490. The predicted molar refractivity (Wildman–Crippen MR) is 46.3 cm³/mol. The van der Waals surface area contributed by atoms with E-state index in [1.54, 1.807) is 0 Å². The molecule has 0 aromatic carbocycles. The van der Waals surface area contributed by atoms with Crippen LogP contribution in [0.5, 0.6) is 0 Å². The van der Waals surface area contributed by atoms with Crippen LogP contribution in [0.1, 0.15) is 0 Å². The van der Waals surface area contributed by atoms with Crippen LogP contribution < -0.4 is 0 Å². The minimum absolute atomic E-state index is 0.0422. The van der Waals surface area contributed by atoms with E-state index in [4.69, 9.17) is 0 Å². The summed E-state index contributed by atoms with van der Waals surface area (Å²) in [6.45, 7) is 0. The highest BCUT2D eigenvalue weighted by atomic mass is 79.9. The lowest BCUT2D eigenvalue weighted by Crippen LogP contribution is -1.90. The molecule has 0 atom stereocenters. The van der Waals surface area contributed by atoms with Gasteiger partial charge in [0.15, 0.2) is 0 Å². The number of pyridine rings is 1. The highest BCUT2D eigenvalue weighted by Gasteiger charge is 2.13. The highest BCUT2D eigenvalue weighted by Crippen LogP contribution is 2.30. The summed E-state index contributed by atoms with van der Waals surface area (Å²) < 4.78 is 0.990. The smallest absolute Gasteiger partial charge is 0.258 e. The first-order valence-corrected chi connectivity index (χ1v) is 4.15. The lowest BCUT2D eigenvalue weighted by atomic mass is 10.4. The molecular weight excluding hydrogens is 280 g/mol. The van der Waals surface area contributed by atoms with Crippen molar-refractivity contribution >= 4 is 37.5 Å². The molecule has 0 bridgehead atoms. The van der Waals surface area contributed by atoms with Crippen LogP contribution >= 0.6 is 31.9 Å². The number of nitro groups is 1. The molecule has 1 rings (SSSR count). The SMILES string of the molecule is O=[N+]([O-])c1cncc(Br)c1Br. The van der Waals surface area contributed by atoms with Crippen LogP contribution in [0.4, 0.5) is 5.69 Å². The highest BCUT2D eigenvalue weighted by molar-refractivity contribution is 9.13. The lowest BCUT2D eigenvalue weighted by Gasteiger charge is -1.94. The van der Waals surface area contributed by atoms with E-state index in [2.05, 4.69) is 36.8 Å². The Balaban J connectivity index is 3.27. The molecule has 0 unspecified atom stereocenters. The van der Waals surface area contributed by atoms with Crippen LogP contribution in [0.15, 0.2) is 21.3 Å². The first-order chi connectivity index (χ1) is 5.13. The second kappa shape index (κ2) is 3.27. The van der Waals surface area contributed by atoms with Crippen molar-refractivity contribution in [2.24, 2.45) is 0 Å². The van der Waals surface area contributed by atoms with Gasteiger partial charge in [0.05, 0.1) is 9.40 Å². The molecule has 0 spiro atoms. The molecule has 6 heteroatoms. The van der Waals surface area contributed by atoms with Crippen molar-refractivity contribution in [1.29, 1.82) is 0 Å². The van der Waals surface area contributed by atoms with Crippen molar-refractivity contribution in [3.63, 3.8) is 0 Å². The predicted octanol–water partition coefficient (Wildman–Crippen LogP) is 2.51. The molecule has 0 aliphatic carbocycles. The summed E-state index contributed by atoms with van der Waals surface area (Å²) in [6, 6.07) is 0. The van der Waals surface area contributed by atoms with Gasteiger partial charge >= 0.3 is 5.69 Å². The second-order valence-electron chi connectivity index (χ2n) is 1.71. The number of hydrogen-bond acceptors (Lipinski definition) is 3. The van der Waals surface area contributed by atoms with Crippen molar-refractivity contribution in [3.05, 3.63) is 31.5 Å². The van der Waals surface area contributed by atoms with Gasteiger partial charge in [0, 0.05) is 6.20 Å². The van der Waals surface area contributed by atoms with E-state index in [0.717, 1.165) is 0 Å². The summed E-state index contributed by atoms with van der Waals surface area (Å²) in [5, 5.41) is 10.3. The number of rotatable bonds is 1. The summed E-state index contributed by atoms with van der Waals surface area (Å²) in [7, 11) is 0. The fourth-order valence-electron chi connectivity index (χ4n) is 0.536. The van der Waals surface area contributed by atoms with Crippen LogP contribution in [0.25, 0.3) is 0 Å². The molecule has 0 radical (unpaired) electrons. The normalized spacial score (nSPS) is 9.64. The van der Waals surface area contributed by atoms with E-state index >= 15 is 0 Å². The zero-order valence-corrected chi connectivity index (χ0v) is 8.29. The maximum absolute atomic E-state index is 10.3. The number of halogens is 2. The largest absolute Gasteiger partial charge is 0.302 e. The van der Waals surface area contributed by atoms with E-state index in [0.29, 0.717) is 8.95 Å². The number of hydrogen-bond donors (Lipinski definition) is 0. The van der Waals surface area contributed by atoms with Crippen molar-refractivity contribution in [2.45, 2.75) is 0 Å². The van der Waals surface area contributed by atoms with Crippen LogP contribution in [0.2, 0.25) is 0 Å². The van der Waals surface area contributed by atoms with Gasteiger partial charge in [-0.05, 0) is 31.9 Å². The molecule has 0 aliphatic rings. The standard InChI is InChI=1S/C5H2Br2N2O2/c6-3-1-8-2-4(5(3)7)9(10)11/h1-2H. The van der Waals surface area contributed by atoms with E-state index in [9.17, 15) is 10.1 Å². The molecule has 4 nitrogen and oxygen atoms in total. The topological polar surface area (TPSA) is 56.0 Å². The molecule has 0 saturated heterocycles. The summed E-state index contributed by atoms with van der Waals surface area (Å²) in [6.07, 6.45) is 2.67. The number of aromatic nitrogens is 1. The first-order valence-electron chi connectivity index (χ1n) is 2.56. The lowest BCUT2D eigenvalue weighted by molar-refractivity contribution is -0.386. The average Bonchev–Trinajstić information content (AvgIpc) is 1.94. The van der Waals surface area contributed by atoms with E-state index in [1.807, 2.05) is 0 Å². The molecule has 0 N–H and O–H groups in total. The molecule has 11 heavy (non-hydrogen) atoms. The van der Waals surface area contributed by atoms with Gasteiger partial charge in [-0.15, -0.1) is 0 Å². The van der Waals surface area contributed by atoms with Gasteiger partial charge in [-0.3, -0.25) is 15.1 Å². The molecule has 1 aromatic heterocycles. The third-order valence-electron chi connectivity index (χ3n) is 1.02. The third kappa shape index (κ3) is 1.75. The Bertz CT molecular complexity index is 303. The Morgan fingerprint density at radius 1 is 1.45 bits per heavy atom. The van der Waals surface area contributed by atoms with Crippen LogP contribution in [-0.4, -0.2) is 9.91 Å². The summed E-state index contributed by atoms with van der Waals surface area (Å²) in [5.41, 5.74) is -0.0422. The quantitative estimate of drug-likeness (QED) is 0.587. The molecule has 1 aromatic rings. The Morgan fingerprint density at radius 3 is 2.55 bits per heavy atom. The van der Waals surface area contributed by atoms with E-state index in [-0.39, 0.29) is 5.69 Å². The molecule has 0 fully saturated rings. The van der Waals surface area contributed by atoms with Gasteiger partial charge in [-0.2, -0.15) is 0 Å². The van der Waals surface area contributed by atoms with Gasteiger partial charge in [0.2, 0.25) is 0 Å². The van der Waals surface area contributed by atoms with Gasteiger partial charge in [-0.1, -0.05) is 0 Å². The summed E-state index contributed by atoms with van der Waals surface area (Å²) in [5.74, 6) is 0. The van der Waals surface area contributed by atoms with Gasteiger partial charge in [0.25, 0.3) is 0 Å². The van der Waals surface area contributed by atoms with Gasteiger partial charge < -0.3 is 0 Å². The maximum atomic E-state index is 10.3.